The lowest BCUT2D eigenvalue weighted by Gasteiger charge is -2.25. The third-order valence-electron chi connectivity index (χ3n) is 7.15. The highest BCUT2D eigenvalue weighted by Gasteiger charge is 2.31. The van der Waals surface area contributed by atoms with Crippen molar-refractivity contribution in [2.24, 2.45) is 5.92 Å². The summed E-state index contributed by atoms with van der Waals surface area (Å²) in [7, 11) is 2.15. The molecule has 0 bridgehead atoms. The zero-order valence-corrected chi connectivity index (χ0v) is 19.8. The number of hydrogen-bond acceptors (Lipinski definition) is 4. The van der Waals surface area contributed by atoms with E-state index in [9.17, 15) is 4.79 Å². The molecule has 1 aromatic heterocycles. The fourth-order valence-electron chi connectivity index (χ4n) is 4.83. The van der Waals surface area contributed by atoms with Gasteiger partial charge in [0.05, 0.1) is 6.04 Å². The molecule has 1 unspecified atom stereocenters. The molecule has 2 aromatic rings. The average Bonchev–Trinajstić information content (AvgIpc) is 3.60. The van der Waals surface area contributed by atoms with E-state index in [4.69, 9.17) is 0 Å². The van der Waals surface area contributed by atoms with Crippen molar-refractivity contribution in [2.75, 3.05) is 20.1 Å². The Morgan fingerprint density at radius 3 is 2.76 bits per heavy atom. The van der Waals surface area contributed by atoms with Crippen LogP contribution in [0.2, 0.25) is 0 Å². The largest absolute Gasteiger partial charge is 0.373 e. The van der Waals surface area contributed by atoms with E-state index in [1.54, 1.807) is 12.4 Å². The van der Waals surface area contributed by atoms with Gasteiger partial charge in [-0.25, -0.2) is 4.98 Å². The first-order valence-electron chi connectivity index (χ1n) is 12.0. The number of carbonyl (C=O) groups excluding carboxylic acids is 1. The monoisotopic (exact) mass is 440 g/mol. The highest BCUT2D eigenvalue weighted by Crippen LogP contribution is 2.35. The van der Waals surface area contributed by atoms with Crippen molar-refractivity contribution in [1.29, 1.82) is 0 Å². The second-order valence-electron chi connectivity index (χ2n) is 9.62. The van der Waals surface area contributed by atoms with Gasteiger partial charge in [-0.3, -0.25) is 9.78 Å². The van der Waals surface area contributed by atoms with Crippen LogP contribution in [0.3, 0.4) is 0 Å². The van der Waals surface area contributed by atoms with Crippen LogP contribution >= 0.6 is 0 Å². The molecular weight excluding hydrogens is 408 g/mol. The maximum Gasteiger partial charge on any atom is 0.274 e. The van der Waals surface area contributed by atoms with Crippen molar-refractivity contribution < 1.29 is 4.79 Å². The van der Waals surface area contributed by atoms with Gasteiger partial charge in [0.1, 0.15) is 5.69 Å². The van der Waals surface area contributed by atoms with Crippen LogP contribution in [-0.2, 0) is 0 Å². The number of aromatic nitrogens is 2. The van der Waals surface area contributed by atoms with E-state index in [2.05, 4.69) is 72.3 Å². The predicted octanol–water partition coefficient (Wildman–Crippen LogP) is 5.09. The van der Waals surface area contributed by atoms with Gasteiger partial charge in [-0.1, -0.05) is 30.4 Å². The summed E-state index contributed by atoms with van der Waals surface area (Å²) in [4.78, 5) is 27.2. The first-order valence-corrected chi connectivity index (χ1v) is 12.0. The molecule has 1 aliphatic heterocycles. The number of aryl methyl sites for hydroxylation is 2. The van der Waals surface area contributed by atoms with Crippen molar-refractivity contribution in [2.45, 2.75) is 45.6 Å². The third-order valence-corrected chi connectivity index (χ3v) is 7.15. The molecule has 1 amide bonds. The summed E-state index contributed by atoms with van der Waals surface area (Å²) in [5, 5.41) is 0. The van der Waals surface area contributed by atoms with Gasteiger partial charge in [0, 0.05) is 44.3 Å². The van der Waals surface area contributed by atoms with Gasteiger partial charge in [-0.05, 0) is 73.8 Å². The van der Waals surface area contributed by atoms with Crippen LogP contribution in [-0.4, -0.2) is 51.9 Å². The maximum absolute atomic E-state index is 13.8. The number of nitrogens with zero attached hydrogens (tertiary/aromatic N) is 4. The number of hydrogen-bond donors (Lipinski definition) is 0. The minimum atomic E-state index is -0.00995. The SMILES string of the molecule is Cc1ccc(-c2nccnc2C(=O)N(CCC2=CN(C)C3CC=CC=C23)CC2CC2)cc1C. The van der Waals surface area contributed by atoms with E-state index >= 15 is 0 Å². The van der Waals surface area contributed by atoms with Crippen LogP contribution in [0.15, 0.2) is 66.2 Å². The van der Waals surface area contributed by atoms with E-state index in [1.165, 1.54) is 35.1 Å². The Kier molecular flexibility index (Phi) is 5.88. The Bertz CT molecular complexity index is 1160. The summed E-state index contributed by atoms with van der Waals surface area (Å²) in [5.41, 5.74) is 7.23. The minimum absolute atomic E-state index is 0.00995. The van der Waals surface area contributed by atoms with Crippen LogP contribution in [0.4, 0.5) is 0 Å². The van der Waals surface area contributed by atoms with Crippen LogP contribution in [0, 0.1) is 19.8 Å². The van der Waals surface area contributed by atoms with Gasteiger partial charge >= 0.3 is 0 Å². The zero-order chi connectivity index (χ0) is 22.9. The third kappa shape index (κ3) is 4.50. The summed E-state index contributed by atoms with van der Waals surface area (Å²) in [6.07, 6.45) is 16.5. The molecule has 5 rings (SSSR count). The Morgan fingerprint density at radius 2 is 1.97 bits per heavy atom. The molecule has 0 saturated heterocycles. The Morgan fingerprint density at radius 1 is 1.15 bits per heavy atom. The predicted molar refractivity (Wildman–Crippen MR) is 132 cm³/mol. The van der Waals surface area contributed by atoms with Crippen molar-refractivity contribution >= 4 is 5.91 Å². The standard InChI is InChI=1S/C28H32N4O/c1-19-8-11-22(16-20(19)2)26-27(30-14-13-29-26)28(33)32(17-21-9-10-21)15-12-23-18-31(3)25-7-5-4-6-24(23)25/h4-6,8,11,13-14,16,18,21,25H,7,9-10,12,15,17H2,1-3H3. The molecule has 170 valence electrons. The topological polar surface area (TPSA) is 49.3 Å². The van der Waals surface area contributed by atoms with Gasteiger partial charge in [0.2, 0.25) is 0 Å². The first-order chi connectivity index (χ1) is 16.0. The summed E-state index contributed by atoms with van der Waals surface area (Å²) in [5.74, 6) is 0.602. The first kappa shape index (κ1) is 21.6. The molecule has 1 fully saturated rings. The molecule has 1 aromatic carbocycles. The average molecular weight is 441 g/mol. The zero-order valence-electron chi connectivity index (χ0n) is 19.8. The van der Waals surface area contributed by atoms with Crippen molar-refractivity contribution in [3.63, 3.8) is 0 Å². The number of rotatable bonds is 7. The second kappa shape index (κ2) is 8.97. The molecule has 0 N–H and O–H groups in total. The molecule has 0 spiro atoms. The molecule has 2 aliphatic carbocycles. The van der Waals surface area contributed by atoms with Crippen LogP contribution in [0.5, 0.6) is 0 Å². The molecule has 2 heterocycles. The fraction of sp³-hybridized carbons (Fsp3) is 0.393. The van der Waals surface area contributed by atoms with Gasteiger partial charge in [-0.2, -0.15) is 0 Å². The van der Waals surface area contributed by atoms with E-state index < -0.39 is 0 Å². The molecular formula is C28H32N4O. The van der Waals surface area contributed by atoms with E-state index in [0.29, 0.717) is 29.9 Å². The van der Waals surface area contributed by atoms with Crippen molar-refractivity contribution in [3.05, 3.63) is 83.0 Å². The van der Waals surface area contributed by atoms with Gasteiger partial charge in [-0.15, -0.1) is 0 Å². The number of carbonyl (C=O) groups is 1. The molecule has 1 atom stereocenters. The number of fused-ring (bicyclic) bond motifs is 1. The lowest BCUT2D eigenvalue weighted by atomic mass is 9.94. The van der Waals surface area contributed by atoms with Gasteiger partial charge in [0.15, 0.2) is 5.69 Å². The lowest BCUT2D eigenvalue weighted by molar-refractivity contribution is 0.0744. The minimum Gasteiger partial charge on any atom is -0.373 e. The summed E-state index contributed by atoms with van der Waals surface area (Å²) >= 11 is 0. The van der Waals surface area contributed by atoms with E-state index in [-0.39, 0.29) is 5.91 Å². The number of allylic oxidation sites excluding steroid dienone is 2. The highest BCUT2D eigenvalue weighted by molar-refractivity contribution is 5.98. The number of amides is 1. The Balaban J connectivity index is 1.39. The fourth-order valence-corrected chi connectivity index (χ4v) is 4.83. The summed E-state index contributed by atoms with van der Waals surface area (Å²) in [6.45, 7) is 5.68. The lowest BCUT2D eigenvalue weighted by Crippen LogP contribution is -2.35. The maximum atomic E-state index is 13.8. The smallest absolute Gasteiger partial charge is 0.274 e. The van der Waals surface area contributed by atoms with Gasteiger partial charge in [0.25, 0.3) is 5.91 Å². The number of likely N-dealkylation sites (N-methyl/N-ethyl adjacent to an activating group) is 1. The summed E-state index contributed by atoms with van der Waals surface area (Å²) < 4.78 is 0. The van der Waals surface area contributed by atoms with Crippen LogP contribution in [0.25, 0.3) is 11.3 Å². The van der Waals surface area contributed by atoms with E-state index in [0.717, 1.165) is 24.9 Å². The molecule has 0 radical (unpaired) electrons. The normalized spacial score (nSPS) is 19.2. The quantitative estimate of drug-likeness (QED) is 0.602. The molecule has 5 nitrogen and oxygen atoms in total. The molecule has 3 aliphatic rings. The number of benzene rings is 1. The van der Waals surface area contributed by atoms with Crippen LogP contribution in [0.1, 0.15) is 47.3 Å². The van der Waals surface area contributed by atoms with Crippen molar-refractivity contribution in [1.82, 2.24) is 19.8 Å². The highest BCUT2D eigenvalue weighted by atomic mass is 16.2. The van der Waals surface area contributed by atoms with Crippen LogP contribution < -0.4 is 0 Å². The Hall–Kier alpha value is -3.21. The van der Waals surface area contributed by atoms with Gasteiger partial charge < -0.3 is 9.80 Å². The van der Waals surface area contributed by atoms with Crippen molar-refractivity contribution in [3.8, 4) is 11.3 Å². The molecule has 33 heavy (non-hydrogen) atoms. The molecule has 1 saturated carbocycles. The molecule has 5 heteroatoms. The second-order valence-corrected chi connectivity index (χ2v) is 9.62. The Labute approximate surface area is 196 Å². The van der Waals surface area contributed by atoms with E-state index in [1.807, 2.05) is 11.0 Å². The summed E-state index contributed by atoms with van der Waals surface area (Å²) in [6, 6.07) is 6.66.